The molecule has 0 N–H and O–H groups in total. The number of hydrogen-bond acceptors (Lipinski definition) is 0. The van der Waals surface area contributed by atoms with Gasteiger partial charge in [-0.2, -0.15) is 0 Å². The highest BCUT2D eigenvalue weighted by Crippen LogP contribution is 2.31. The van der Waals surface area contributed by atoms with Crippen molar-refractivity contribution < 1.29 is 4.58 Å². The van der Waals surface area contributed by atoms with Crippen molar-refractivity contribution in [3.8, 4) is 11.1 Å². The zero-order valence-corrected chi connectivity index (χ0v) is 10.8. The average molecular weight is 245 g/mol. The highest BCUT2D eigenvalue weighted by molar-refractivity contribution is 6.33. The Kier molecular flexibility index (Phi) is 3.30. The molecule has 86 valence electrons. The lowest BCUT2D eigenvalue weighted by Gasteiger charge is -2.05. The second-order valence-electron chi connectivity index (χ2n) is 4.23. The van der Waals surface area contributed by atoms with Crippen LogP contribution in [0.5, 0.6) is 0 Å². The number of halogens is 1. The Hall–Kier alpha value is -1.60. The van der Waals surface area contributed by atoms with Crippen LogP contribution in [0.3, 0.4) is 0 Å². The van der Waals surface area contributed by atoms with Crippen molar-refractivity contribution in [1.82, 2.24) is 0 Å². The minimum atomic E-state index is 0.763. The SMILES string of the molecule is C=[N+](C)c1ccc(Cl)c(-c2ccc(C)cc2)c1. The Labute approximate surface area is 107 Å². The minimum Gasteiger partial charge on any atom is -0.208 e. The summed E-state index contributed by atoms with van der Waals surface area (Å²) in [6, 6.07) is 14.3. The summed E-state index contributed by atoms with van der Waals surface area (Å²) >= 11 is 6.24. The normalized spacial score (nSPS) is 10.3. The van der Waals surface area contributed by atoms with E-state index in [1.54, 1.807) is 0 Å². The Morgan fingerprint density at radius 1 is 1.06 bits per heavy atom. The molecule has 2 heteroatoms. The van der Waals surface area contributed by atoms with Crippen molar-refractivity contribution in [3.05, 3.63) is 53.1 Å². The van der Waals surface area contributed by atoms with Gasteiger partial charge in [0.15, 0.2) is 0 Å². The number of aryl methyl sites for hydroxylation is 1. The van der Waals surface area contributed by atoms with Gasteiger partial charge in [0.05, 0.1) is 0 Å². The molecular formula is C15H15ClN+. The van der Waals surface area contributed by atoms with Gasteiger partial charge >= 0.3 is 0 Å². The summed E-state index contributed by atoms with van der Waals surface area (Å²) in [5.41, 5.74) is 4.46. The lowest BCUT2D eigenvalue weighted by Crippen LogP contribution is -1.92. The molecule has 17 heavy (non-hydrogen) atoms. The third kappa shape index (κ3) is 2.56. The molecule has 0 aliphatic heterocycles. The van der Waals surface area contributed by atoms with Gasteiger partial charge in [-0.25, -0.2) is 4.58 Å². The Balaban J connectivity index is 2.54. The fraction of sp³-hybridized carbons (Fsp3) is 0.133. The molecule has 0 bridgehead atoms. The van der Waals surface area contributed by atoms with E-state index in [0.717, 1.165) is 21.8 Å². The first kappa shape index (κ1) is 11.9. The molecule has 0 aromatic heterocycles. The van der Waals surface area contributed by atoms with E-state index in [1.807, 2.05) is 23.8 Å². The van der Waals surface area contributed by atoms with Gasteiger partial charge in [-0.1, -0.05) is 41.4 Å². The van der Waals surface area contributed by atoms with E-state index < -0.39 is 0 Å². The largest absolute Gasteiger partial charge is 0.208 e. The van der Waals surface area contributed by atoms with Crippen molar-refractivity contribution in [2.24, 2.45) is 0 Å². The first-order valence-corrected chi connectivity index (χ1v) is 5.86. The zero-order chi connectivity index (χ0) is 12.4. The van der Waals surface area contributed by atoms with E-state index in [1.165, 1.54) is 5.56 Å². The first-order valence-electron chi connectivity index (χ1n) is 5.49. The molecule has 0 atom stereocenters. The molecule has 0 unspecified atom stereocenters. The molecule has 2 rings (SSSR count). The van der Waals surface area contributed by atoms with Gasteiger partial charge in [0.2, 0.25) is 5.69 Å². The van der Waals surface area contributed by atoms with E-state index in [2.05, 4.69) is 44.0 Å². The second kappa shape index (κ2) is 4.72. The summed E-state index contributed by atoms with van der Waals surface area (Å²) < 4.78 is 1.83. The fourth-order valence-electron chi connectivity index (χ4n) is 1.71. The van der Waals surface area contributed by atoms with E-state index in [-0.39, 0.29) is 0 Å². The predicted molar refractivity (Wildman–Crippen MR) is 74.6 cm³/mol. The molecule has 2 aromatic carbocycles. The van der Waals surface area contributed by atoms with Gasteiger partial charge in [0, 0.05) is 22.7 Å². The van der Waals surface area contributed by atoms with Gasteiger partial charge in [-0.3, -0.25) is 0 Å². The topological polar surface area (TPSA) is 3.01 Å². The highest BCUT2D eigenvalue weighted by atomic mass is 35.5. The molecule has 0 spiro atoms. The third-order valence-electron chi connectivity index (χ3n) is 2.75. The van der Waals surface area contributed by atoms with Gasteiger partial charge in [-0.15, -0.1) is 0 Å². The van der Waals surface area contributed by atoms with Crippen molar-refractivity contribution in [2.45, 2.75) is 6.92 Å². The van der Waals surface area contributed by atoms with Crippen LogP contribution in [0, 0.1) is 6.92 Å². The van der Waals surface area contributed by atoms with Gasteiger partial charge in [-0.05, 0) is 18.6 Å². The zero-order valence-electron chi connectivity index (χ0n) is 10.1. The maximum atomic E-state index is 6.24. The molecule has 0 fully saturated rings. The van der Waals surface area contributed by atoms with Crippen LogP contribution in [0.15, 0.2) is 42.5 Å². The van der Waals surface area contributed by atoms with Crippen LogP contribution in [0.2, 0.25) is 5.02 Å². The smallest absolute Gasteiger partial charge is 0.205 e. The maximum Gasteiger partial charge on any atom is 0.205 e. The molecule has 0 radical (unpaired) electrons. The number of nitrogens with zero attached hydrogens (tertiary/aromatic N) is 1. The molecule has 0 saturated heterocycles. The fourth-order valence-corrected chi connectivity index (χ4v) is 1.93. The lowest BCUT2D eigenvalue weighted by molar-refractivity contribution is -0.394. The molecule has 0 saturated carbocycles. The molecule has 0 amide bonds. The van der Waals surface area contributed by atoms with Gasteiger partial charge in [0.1, 0.15) is 13.8 Å². The van der Waals surface area contributed by atoms with Crippen molar-refractivity contribution in [1.29, 1.82) is 0 Å². The summed E-state index contributed by atoms with van der Waals surface area (Å²) in [7, 11) is 1.92. The number of benzene rings is 2. The van der Waals surface area contributed by atoms with Crippen molar-refractivity contribution in [3.63, 3.8) is 0 Å². The predicted octanol–water partition coefficient (Wildman–Crippen LogP) is 4.29. The average Bonchev–Trinajstić information content (AvgIpc) is 2.31. The van der Waals surface area contributed by atoms with Gasteiger partial charge < -0.3 is 0 Å². The van der Waals surface area contributed by atoms with Crippen molar-refractivity contribution >= 4 is 24.0 Å². The van der Waals surface area contributed by atoms with Gasteiger partial charge in [0.25, 0.3) is 0 Å². The third-order valence-corrected chi connectivity index (χ3v) is 3.08. The van der Waals surface area contributed by atoms with Crippen LogP contribution in [0.25, 0.3) is 11.1 Å². The monoisotopic (exact) mass is 244 g/mol. The molecule has 2 aromatic rings. The lowest BCUT2D eigenvalue weighted by atomic mass is 10.0. The number of rotatable bonds is 2. The Bertz CT molecular complexity index is 556. The summed E-state index contributed by atoms with van der Waals surface area (Å²) in [6.07, 6.45) is 0. The maximum absolute atomic E-state index is 6.24. The van der Waals surface area contributed by atoms with Crippen LogP contribution >= 0.6 is 11.6 Å². The summed E-state index contributed by atoms with van der Waals surface area (Å²) in [6.45, 7) is 5.95. The minimum absolute atomic E-state index is 0.763. The van der Waals surface area contributed by atoms with E-state index >= 15 is 0 Å². The molecule has 0 aliphatic carbocycles. The molecule has 0 aliphatic rings. The quantitative estimate of drug-likeness (QED) is 0.548. The molecule has 0 heterocycles. The standard InChI is InChI=1S/C15H15ClN/c1-11-4-6-12(7-5-11)14-10-13(17(2)3)8-9-15(14)16/h4-10H,2H2,1,3H3/q+1. The van der Waals surface area contributed by atoms with Crippen molar-refractivity contribution in [2.75, 3.05) is 7.05 Å². The molecular weight excluding hydrogens is 230 g/mol. The van der Waals surface area contributed by atoms with Crippen LogP contribution in [0.1, 0.15) is 5.56 Å². The van der Waals surface area contributed by atoms with E-state index in [9.17, 15) is 0 Å². The van der Waals surface area contributed by atoms with E-state index in [0.29, 0.717) is 0 Å². The Morgan fingerprint density at radius 3 is 2.29 bits per heavy atom. The van der Waals surface area contributed by atoms with Crippen LogP contribution in [-0.4, -0.2) is 18.3 Å². The van der Waals surface area contributed by atoms with Crippen LogP contribution in [-0.2, 0) is 0 Å². The van der Waals surface area contributed by atoms with Crippen LogP contribution < -0.4 is 0 Å². The molecule has 1 nitrogen and oxygen atoms in total. The van der Waals surface area contributed by atoms with E-state index in [4.69, 9.17) is 11.6 Å². The number of hydrogen-bond donors (Lipinski definition) is 0. The Morgan fingerprint density at radius 2 is 1.71 bits per heavy atom. The van der Waals surface area contributed by atoms with Crippen LogP contribution in [0.4, 0.5) is 5.69 Å². The first-order chi connectivity index (χ1) is 8.08. The summed E-state index contributed by atoms with van der Waals surface area (Å²) in [5.74, 6) is 0. The summed E-state index contributed by atoms with van der Waals surface area (Å²) in [4.78, 5) is 0. The second-order valence-corrected chi connectivity index (χ2v) is 4.64. The summed E-state index contributed by atoms with van der Waals surface area (Å²) in [5, 5.41) is 0.763. The highest BCUT2D eigenvalue weighted by Gasteiger charge is 2.08.